The van der Waals surface area contributed by atoms with E-state index >= 15 is 0 Å². The molecule has 1 aromatic heterocycles. The van der Waals surface area contributed by atoms with Gasteiger partial charge in [0.15, 0.2) is 0 Å². The van der Waals surface area contributed by atoms with E-state index in [0.717, 1.165) is 17.1 Å². The van der Waals surface area contributed by atoms with Crippen LogP contribution in [-0.4, -0.2) is 0 Å². The van der Waals surface area contributed by atoms with Gasteiger partial charge in [0.25, 0.3) is 0 Å². The van der Waals surface area contributed by atoms with Crippen LogP contribution in [-0.2, 0) is 5.41 Å². The fraction of sp³-hybridized carbons (Fsp3) is 0.0204. The van der Waals surface area contributed by atoms with Crippen molar-refractivity contribution in [2.45, 2.75) is 5.41 Å². The van der Waals surface area contributed by atoms with Gasteiger partial charge in [-0.05, 0) is 93.5 Å². The van der Waals surface area contributed by atoms with Crippen LogP contribution in [0.4, 0.5) is 17.1 Å². The minimum atomic E-state index is -0.424. The summed E-state index contributed by atoms with van der Waals surface area (Å²) in [5.74, 6) is 0. The number of nitrogens with zero attached hydrogens (tertiary/aromatic N) is 1. The molecule has 0 radical (unpaired) electrons. The SMILES string of the molecule is c1ccc(N(c2ccccc2)c2ccccc2-c2ccc3sc4ccc(C5(c6ccccc6)c6ccccc6-c6ccccc65)cc4c3c2)cc1. The minimum absolute atomic E-state index is 0.424. The Bertz CT molecular complexity index is 2610. The van der Waals surface area contributed by atoms with Crippen LogP contribution < -0.4 is 4.90 Å². The number of thiophene rings is 1. The van der Waals surface area contributed by atoms with Gasteiger partial charge in [-0.25, -0.2) is 0 Å². The zero-order chi connectivity index (χ0) is 33.8. The smallest absolute Gasteiger partial charge is 0.0713 e. The van der Waals surface area contributed by atoms with Crippen molar-refractivity contribution in [3.05, 3.63) is 222 Å². The Morgan fingerprint density at radius 2 is 0.863 bits per heavy atom. The summed E-state index contributed by atoms with van der Waals surface area (Å²) in [5.41, 5.74) is 13.3. The van der Waals surface area contributed by atoms with Crippen molar-refractivity contribution in [2.75, 3.05) is 4.90 Å². The van der Waals surface area contributed by atoms with Crippen molar-refractivity contribution in [1.82, 2.24) is 0 Å². The molecule has 0 bridgehead atoms. The van der Waals surface area contributed by atoms with E-state index in [1.807, 2.05) is 11.3 Å². The zero-order valence-electron chi connectivity index (χ0n) is 27.9. The molecule has 10 rings (SSSR count). The van der Waals surface area contributed by atoms with E-state index in [0.29, 0.717) is 0 Å². The third-order valence-corrected chi connectivity index (χ3v) is 11.7. The number of hydrogen-bond donors (Lipinski definition) is 0. The van der Waals surface area contributed by atoms with Crippen LogP contribution in [0.1, 0.15) is 22.3 Å². The molecule has 0 fully saturated rings. The summed E-state index contributed by atoms with van der Waals surface area (Å²) in [7, 11) is 0. The molecule has 1 nitrogen and oxygen atoms in total. The molecule has 2 heteroatoms. The van der Waals surface area contributed by atoms with E-state index in [9.17, 15) is 0 Å². The second kappa shape index (κ2) is 12.0. The van der Waals surface area contributed by atoms with Gasteiger partial charge < -0.3 is 4.90 Å². The van der Waals surface area contributed by atoms with Gasteiger partial charge in [-0.2, -0.15) is 0 Å². The molecule has 0 saturated heterocycles. The molecule has 9 aromatic rings. The first-order chi connectivity index (χ1) is 25.3. The van der Waals surface area contributed by atoms with Gasteiger partial charge in [-0.3, -0.25) is 0 Å². The summed E-state index contributed by atoms with van der Waals surface area (Å²) >= 11 is 1.88. The Morgan fingerprint density at radius 3 is 1.49 bits per heavy atom. The molecule has 1 aliphatic rings. The Morgan fingerprint density at radius 1 is 0.373 bits per heavy atom. The van der Waals surface area contributed by atoms with Crippen molar-refractivity contribution in [1.29, 1.82) is 0 Å². The van der Waals surface area contributed by atoms with Gasteiger partial charge in [-0.1, -0.05) is 146 Å². The van der Waals surface area contributed by atoms with Crippen LogP contribution in [0.5, 0.6) is 0 Å². The predicted molar refractivity (Wildman–Crippen MR) is 217 cm³/mol. The molecular formula is C49H33NS. The molecule has 0 aliphatic heterocycles. The lowest BCUT2D eigenvalue weighted by Crippen LogP contribution is -2.28. The van der Waals surface area contributed by atoms with Crippen LogP contribution in [0.15, 0.2) is 200 Å². The highest BCUT2D eigenvalue weighted by Gasteiger charge is 2.45. The first-order valence-electron chi connectivity index (χ1n) is 17.5. The monoisotopic (exact) mass is 667 g/mol. The summed E-state index contributed by atoms with van der Waals surface area (Å²) < 4.78 is 2.60. The maximum Gasteiger partial charge on any atom is 0.0713 e. The first kappa shape index (κ1) is 29.7. The minimum Gasteiger partial charge on any atom is -0.310 e. The quantitative estimate of drug-likeness (QED) is 0.171. The number of anilines is 3. The Kier molecular flexibility index (Phi) is 6.97. The van der Waals surface area contributed by atoms with Crippen LogP contribution in [0.2, 0.25) is 0 Å². The molecule has 1 aliphatic carbocycles. The summed E-state index contributed by atoms with van der Waals surface area (Å²) in [6, 6.07) is 73.4. The molecule has 0 atom stereocenters. The summed E-state index contributed by atoms with van der Waals surface area (Å²) in [4.78, 5) is 2.36. The number of hydrogen-bond acceptors (Lipinski definition) is 2. The van der Waals surface area contributed by atoms with Crippen molar-refractivity contribution >= 4 is 48.6 Å². The highest BCUT2D eigenvalue weighted by Crippen LogP contribution is 2.56. The van der Waals surface area contributed by atoms with Crippen molar-refractivity contribution in [3.63, 3.8) is 0 Å². The fourth-order valence-electron chi connectivity index (χ4n) is 8.38. The van der Waals surface area contributed by atoms with Crippen molar-refractivity contribution in [2.24, 2.45) is 0 Å². The van der Waals surface area contributed by atoms with E-state index in [1.165, 1.54) is 64.7 Å². The molecule has 240 valence electrons. The third-order valence-electron chi connectivity index (χ3n) is 10.5. The van der Waals surface area contributed by atoms with Crippen LogP contribution in [0.3, 0.4) is 0 Å². The van der Waals surface area contributed by atoms with Crippen molar-refractivity contribution < 1.29 is 0 Å². The molecule has 0 spiro atoms. The van der Waals surface area contributed by atoms with Crippen molar-refractivity contribution in [3.8, 4) is 22.3 Å². The fourth-order valence-corrected chi connectivity index (χ4v) is 9.45. The molecule has 8 aromatic carbocycles. The predicted octanol–water partition coefficient (Wildman–Crippen LogP) is 13.6. The Balaban J connectivity index is 1.19. The van der Waals surface area contributed by atoms with E-state index in [2.05, 4.69) is 205 Å². The van der Waals surface area contributed by atoms with E-state index in [-0.39, 0.29) is 0 Å². The Labute approximate surface area is 302 Å². The second-order valence-corrected chi connectivity index (χ2v) is 14.3. The average molecular weight is 668 g/mol. The van der Waals surface area contributed by atoms with Gasteiger partial charge in [-0.15, -0.1) is 11.3 Å². The lowest BCUT2D eigenvalue weighted by molar-refractivity contribution is 0.770. The van der Waals surface area contributed by atoms with Gasteiger partial charge in [0.2, 0.25) is 0 Å². The largest absolute Gasteiger partial charge is 0.310 e. The van der Waals surface area contributed by atoms with Gasteiger partial charge >= 0.3 is 0 Å². The maximum atomic E-state index is 2.48. The van der Waals surface area contributed by atoms with Gasteiger partial charge in [0, 0.05) is 37.1 Å². The molecule has 1 heterocycles. The average Bonchev–Trinajstić information content (AvgIpc) is 3.72. The topological polar surface area (TPSA) is 3.24 Å². The molecule has 0 amide bonds. The van der Waals surface area contributed by atoms with E-state index in [4.69, 9.17) is 0 Å². The second-order valence-electron chi connectivity index (χ2n) is 13.3. The van der Waals surface area contributed by atoms with E-state index < -0.39 is 5.41 Å². The summed E-state index contributed by atoms with van der Waals surface area (Å²) in [6.45, 7) is 0. The van der Waals surface area contributed by atoms with Gasteiger partial charge in [0.1, 0.15) is 0 Å². The lowest BCUT2D eigenvalue weighted by Gasteiger charge is -2.34. The normalized spacial score (nSPS) is 12.9. The standard InChI is InChI=1S/C49H33NS/c1-4-16-35(17-5-1)49(44-25-13-10-23-40(44)41-24-11-14-26-45(41)49)36-29-31-48-43(33-36)42-32-34(28-30-47(42)51-48)39-22-12-15-27-46(39)50(37-18-6-2-7-19-37)38-20-8-3-9-21-38/h1-33H. The highest BCUT2D eigenvalue weighted by molar-refractivity contribution is 7.25. The third kappa shape index (κ3) is 4.61. The first-order valence-corrected chi connectivity index (χ1v) is 18.3. The van der Waals surface area contributed by atoms with E-state index in [1.54, 1.807) is 0 Å². The van der Waals surface area contributed by atoms with Crippen LogP contribution in [0.25, 0.3) is 42.4 Å². The molecule has 0 unspecified atom stereocenters. The van der Waals surface area contributed by atoms with Crippen LogP contribution in [0, 0.1) is 0 Å². The number of para-hydroxylation sites is 3. The number of benzene rings is 8. The lowest BCUT2D eigenvalue weighted by atomic mass is 9.67. The number of fused-ring (bicyclic) bond motifs is 6. The molecule has 51 heavy (non-hydrogen) atoms. The number of rotatable bonds is 6. The molecule has 0 saturated carbocycles. The highest BCUT2D eigenvalue weighted by atomic mass is 32.1. The molecule has 0 N–H and O–H groups in total. The zero-order valence-corrected chi connectivity index (χ0v) is 28.7. The maximum absolute atomic E-state index is 2.48. The van der Waals surface area contributed by atoms with Gasteiger partial charge in [0.05, 0.1) is 11.1 Å². The van der Waals surface area contributed by atoms with Crippen LogP contribution >= 0.6 is 11.3 Å². The molecular weight excluding hydrogens is 635 g/mol. The summed E-state index contributed by atoms with van der Waals surface area (Å²) in [6.07, 6.45) is 0. The Hall–Kier alpha value is -6.22. The summed E-state index contributed by atoms with van der Waals surface area (Å²) in [5, 5.41) is 2.59.